The van der Waals surface area contributed by atoms with E-state index in [-0.39, 0.29) is 6.03 Å². The average Bonchev–Trinajstić information content (AvgIpc) is 3.17. The lowest BCUT2D eigenvalue weighted by Crippen LogP contribution is -2.35. The molecule has 0 aliphatic heterocycles. The van der Waals surface area contributed by atoms with Gasteiger partial charge in [-0.05, 0) is 12.0 Å². The Bertz CT molecular complexity index is 819. The smallest absolute Gasteiger partial charge is 0.315 e. The molecule has 1 aromatic carbocycles. The van der Waals surface area contributed by atoms with Crippen LogP contribution in [0.4, 0.5) is 4.79 Å². The first-order chi connectivity index (χ1) is 11.6. The van der Waals surface area contributed by atoms with Gasteiger partial charge in [0.1, 0.15) is 11.4 Å². The standard InChI is InChI=1S/C18H22N4O2/c1-13(2)11-22-8-7-19-17(22)10-21-18(23)20-9-14-12-24-16-6-4-3-5-15(14)16/h3-8,12-13H,9-11H2,1-2H3,(H2,20,21,23). The Hall–Kier alpha value is -2.76. The molecular weight excluding hydrogens is 304 g/mol. The Labute approximate surface area is 140 Å². The van der Waals surface area contributed by atoms with Gasteiger partial charge >= 0.3 is 6.03 Å². The molecule has 3 aromatic rings. The van der Waals surface area contributed by atoms with E-state index >= 15 is 0 Å². The van der Waals surface area contributed by atoms with E-state index in [0.717, 1.165) is 28.9 Å². The topological polar surface area (TPSA) is 72.1 Å². The van der Waals surface area contributed by atoms with Crippen molar-refractivity contribution in [3.05, 3.63) is 54.3 Å². The number of carbonyl (C=O) groups excluding carboxylic acids is 1. The lowest BCUT2D eigenvalue weighted by molar-refractivity contribution is 0.239. The molecule has 24 heavy (non-hydrogen) atoms. The van der Waals surface area contributed by atoms with Gasteiger partial charge in [-0.3, -0.25) is 0 Å². The van der Waals surface area contributed by atoms with Crippen LogP contribution >= 0.6 is 0 Å². The van der Waals surface area contributed by atoms with Crippen LogP contribution in [0, 0.1) is 5.92 Å². The van der Waals surface area contributed by atoms with Gasteiger partial charge in [0.05, 0.1) is 12.8 Å². The number of benzene rings is 1. The van der Waals surface area contributed by atoms with Crippen LogP contribution < -0.4 is 10.6 Å². The third-order valence-electron chi connectivity index (χ3n) is 3.77. The Balaban J connectivity index is 1.52. The molecule has 2 N–H and O–H groups in total. The number of nitrogens with zero attached hydrogens (tertiary/aromatic N) is 2. The molecule has 0 aliphatic rings. The lowest BCUT2D eigenvalue weighted by Gasteiger charge is -2.11. The highest BCUT2D eigenvalue weighted by atomic mass is 16.3. The summed E-state index contributed by atoms with van der Waals surface area (Å²) in [6.45, 7) is 6.01. The molecule has 2 heterocycles. The number of urea groups is 1. The second-order valence-electron chi connectivity index (χ2n) is 6.18. The van der Waals surface area contributed by atoms with E-state index in [4.69, 9.17) is 4.42 Å². The molecule has 0 spiro atoms. The number of rotatable bonds is 6. The molecule has 126 valence electrons. The number of amides is 2. The predicted octanol–water partition coefficient (Wildman–Crippen LogP) is 3.28. The highest BCUT2D eigenvalue weighted by molar-refractivity contribution is 5.81. The third-order valence-corrected chi connectivity index (χ3v) is 3.77. The van der Waals surface area contributed by atoms with Gasteiger partial charge < -0.3 is 19.6 Å². The SMILES string of the molecule is CC(C)Cn1ccnc1CNC(=O)NCc1coc2ccccc12. The molecule has 0 saturated carbocycles. The first kappa shape index (κ1) is 16.1. The van der Waals surface area contributed by atoms with Crippen LogP contribution in [0.1, 0.15) is 25.2 Å². The van der Waals surface area contributed by atoms with Crippen molar-refractivity contribution in [2.45, 2.75) is 33.5 Å². The zero-order chi connectivity index (χ0) is 16.9. The second-order valence-corrected chi connectivity index (χ2v) is 6.18. The summed E-state index contributed by atoms with van der Waals surface area (Å²) >= 11 is 0. The molecule has 0 atom stereocenters. The van der Waals surface area contributed by atoms with E-state index in [1.54, 1.807) is 12.5 Å². The summed E-state index contributed by atoms with van der Waals surface area (Å²) in [6.07, 6.45) is 5.38. The van der Waals surface area contributed by atoms with Crippen LogP contribution in [0.3, 0.4) is 0 Å². The number of carbonyl (C=O) groups is 1. The summed E-state index contributed by atoms with van der Waals surface area (Å²) in [6, 6.07) is 7.55. The Morgan fingerprint density at radius 3 is 2.88 bits per heavy atom. The highest BCUT2D eigenvalue weighted by Crippen LogP contribution is 2.20. The molecule has 0 unspecified atom stereocenters. The van der Waals surface area contributed by atoms with E-state index in [9.17, 15) is 4.79 Å². The first-order valence-corrected chi connectivity index (χ1v) is 8.10. The minimum atomic E-state index is -0.223. The minimum Gasteiger partial charge on any atom is -0.464 e. The average molecular weight is 326 g/mol. The van der Waals surface area contributed by atoms with Crippen molar-refractivity contribution in [3.63, 3.8) is 0 Å². The van der Waals surface area contributed by atoms with E-state index < -0.39 is 0 Å². The van der Waals surface area contributed by atoms with Crippen molar-refractivity contribution < 1.29 is 9.21 Å². The molecule has 2 aromatic heterocycles. The normalized spacial score (nSPS) is 11.1. The summed E-state index contributed by atoms with van der Waals surface area (Å²) < 4.78 is 7.53. The van der Waals surface area contributed by atoms with Crippen LogP contribution in [0.15, 0.2) is 47.3 Å². The molecule has 0 radical (unpaired) electrons. The van der Waals surface area contributed by atoms with E-state index in [1.807, 2.05) is 30.5 Å². The van der Waals surface area contributed by atoms with Crippen molar-refractivity contribution in [3.8, 4) is 0 Å². The van der Waals surface area contributed by atoms with Crippen LogP contribution in [-0.4, -0.2) is 15.6 Å². The fourth-order valence-electron chi connectivity index (χ4n) is 2.63. The van der Waals surface area contributed by atoms with Crippen molar-refractivity contribution in [2.24, 2.45) is 5.92 Å². The number of hydrogen-bond acceptors (Lipinski definition) is 3. The summed E-state index contributed by atoms with van der Waals surface area (Å²) in [7, 11) is 0. The number of fused-ring (bicyclic) bond motifs is 1. The number of aromatic nitrogens is 2. The summed E-state index contributed by atoms with van der Waals surface area (Å²) in [4.78, 5) is 16.3. The molecule has 6 nitrogen and oxygen atoms in total. The van der Waals surface area contributed by atoms with Crippen molar-refractivity contribution in [1.29, 1.82) is 0 Å². The molecule has 0 saturated heterocycles. The zero-order valence-electron chi connectivity index (χ0n) is 14.0. The Morgan fingerprint density at radius 1 is 1.25 bits per heavy atom. The van der Waals surface area contributed by atoms with Crippen LogP contribution in [0.5, 0.6) is 0 Å². The first-order valence-electron chi connectivity index (χ1n) is 8.10. The number of hydrogen-bond donors (Lipinski definition) is 2. The van der Waals surface area contributed by atoms with Crippen LogP contribution in [0.2, 0.25) is 0 Å². The number of furan rings is 1. The zero-order valence-corrected chi connectivity index (χ0v) is 14.0. The number of para-hydroxylation sites is 1. The quantitative estimate of drug-likeness (QED) is 0.730. The maximum absolute atomic E-state index is 12.0. The predicted molar refractivity (Wildman–Crippen MR) is 92.4 cm³/mol. The third kappa shape index (κ3) is 3.76. The van der Waals surface area contributed by atoms with Gasteiger partial charge in [-0.1, -0.05) is 32.0 Å². The second kappa shape index (κ2) is 7.21. The van der Waals surface area contributed by atoms with Gasteiger partial charge in [0.15, 0.2) is 0 Å². The molecule has 6 heteroatoms. The molecule has 0 aliphatic carbocycles. The fraction of sp³-hybridized carbons (Fsp3) is 0.333. The molecule has 0 fully saturated rings. The largest absolute Gasteiger partial charge is 0.464 e. The Morgan fingerprint density at radius 2 is 2.04 bits per heavy atom. The number of nitrogens with one attached hydrogen (secondary N) is 2. The minimum absolute atomic E-state index is 0.223. The van der Waals surface area contributed by atoms with Gasteiger partial charge in [0.2, 0.25) is 0 Å². The maximum Gasteiger partial charge on any atom is 0.315 e. The monoisotopic (exact) mass is 326 g/mol. The van der Waals surface area contributed by atoms with Gasteiger partial charge in [-0.25, -0.2) is 9.78 Å². The maximum atomic E-state index is 12.0. The van der Waals surface area contributed by atoms with Crippen molar-refractivity contribution in [2.75, 3.05) is 0 Å². The molecule has 0 bridgehead atoms. The van der Waals surface area contributed by atoms with Crippen LogP contribution in [0.25, 0.3) is 11.0 Å². The molecule has 2 amide bonds. The van der Waals surface area contributed by atoms with Gasteiger partial charge in [-0.2, -0.15) is 0 Å². The van der Waals surface area contributed by atoms with Crippen molar-refractivity contribution >= 4 is 17.0 Å². The van der Waals surface area contributed by atoms with E-state index in [1.165, 1.54) is 0 Å². The van der Waals surface area contributed by atoms with Crippen LogP contribution in [-0.2, 0) is 19.6 Å². The fourth-order valence-corrected chi connectivity index (χ4v) is 2.63. The van der Waals surface area contributed by atoms with Gasteiger partial charge in [0.25, 0.3) is 0 Å². The van der Waals surface area contributed by atoms with E-state index in [2.05, 4.69) is 34.0 Å². The van der Waals surface area contributed by atoms with E-state index in [0.29, 0.717) is 19.0 Å². The summed E-state index contributed by atoms with van der Waals surface area (Å²) in [5.74, 6) is 1.38. The highest BCUT2D eigenvalue weighted by Gasteiger charge is 2.09. The summed E-state index contributed by atoms with van der Waals surface area (Å²) in [5.41, 5.74) is 1.78. The van der Waals surface area contributed by atoms with Gasteiger partial charge in [-0.15, -0.1) is 0 Å². The molecular formula is C18H22N4O2. The van der Waals surface area contributed by atoms with Gasteiger partial charge in [0, 0.05) is 36.4 Å². The lowest BCUT2D eigenvalue weighted by atomic mass is 10.2. The summed E-state index contributed by atoms with van der Waals surface area (Å²) in [5, 5.41) is 6.72. The Kier molecular flexibility index (Phi) is 4.84. The molecule has 3 rings (SSSR count). The van der Waals surface area contributed by atoms with Crippen molar-refractivity contribution in [1.82, 2.24) is 20.2 Å². The number of imidazole rings is 1.